The molecule has 0 aromatic carbocycles. The van der Waals surface area contributed by atoms with Gasteiger partial charge in [-0.2, -0.15) is 0 Å². The molecule has 0 unspecified atom stereocenters. The largest absolute Gasteiger partial charge is 0.480 e. The first-order valence-electron chi connectivity index (χ1n) is 5.65. The summed E-state index contributed by atoms with van der Waals surface area (Å²) < 4.78 is 0. The zero-order chi connectivity index (χ0) is 13.7. The van der Waals surface area contributed by atoms with Crippen LogP contribution in [0.25, 0.3) is 0 Å². The second kappa shape index (κ2) is 6.56. The Balaban J connectivity index is 4.56. The summed E-state index contributed by atoms with van der Waals surface area (Å²) in [6, 6.07) is -1.73. The van der Waals surface area contributed by atoms with Gasteiger partial charge in [0.05, 0.1) is 0 Å². The molecule has 1 amide bonds. The average Bonchev–Trinajstić information content (AvgIpc) is 2.22. The fraction of sp³-hybridized carbons (Fsp3) is 0.818. The molecule has 0 aromatic rings. The van der Waals surface area contributed by atoms with Gasteiger partial charge < -0.3 is 21.3 Å². The number of carbonyl (C=O) groups is 2. The minimum Gasteiger partial charge on any atom is -0.480 e. The van der Waals surface area contributed by atoms with Gasteiger partial charge in [0.15, 0.2) is 0 Å². The molecule has 6 nitrogen and oxygen atoms in total. The maximum atomic E-state index is 11.6. The molecule has 0 aromatic heterocycles. The Labute approximate surface area is 101 Å². The average molecular weight is 246 g/mol. The number of carbonyl (C=O) groups excluding carboxylic acids is 1. The van der Waals surface area contributed by atoms with Crippen LogP contribution in [-0.2, 0) is 9.59 Å². The monoisotopic (exact) mass is 246 g/mol. The molecule has 0 saturated carbocycles. The standard InChI is InChI=1S/C11H22N2O4/c1-5(2)7(12)9(14)10(15)13-8(6(3)4)11(16)17/h5-9,14H,12H2,1-4H3,(H,13,15)(H,16,17)/t7-,8-,9-/m0/s1. The van der Waals surface area contributed by atoms with Crippen LogP contribution in [0.2, 0.25) is 0 Å². The molecule has 0 aliphatic heterocycles. The summed E-state index contributed by atoms with van der Waals surface area (Å²) in [5, 5.41) is 20.8. The van der Waals surface area contributed by atoms with E-state index >= 15 is 0 Å². The van der Waals surface area contributed by atoms with Crippen molar-refractivity contribution >= 4 is 11.9 Å². The molecule has 0 rings (SSSR count). The first-order chi connectivity index (χ1) is 7.68. The molecular formula is C11H22N2O4. The molecule has 100 valence electrons. The Morgan fingerprint density at radius 3 is 1.88 bits per heavy atom. The summed E-state index contributed by atoms with van der Waals surface area (Å²) in [4.78, 5) is 22.5. The predicted molar refractivity (Wildman–Crippen MR) is 63.2 cm³/mol. The topological polar surface area (TPSA) is 113 Å². The van der Waals surface area contributed by atoms with Crippen LogP contribution < -0.4 is 11.1 Å². The number of carboxylic acids is 1. The van der Waals surface area contributed by atoms with Gasteiger partial charge in [-0.3, -0.25) is 4.79 Å². The van der Waals surface area contributed by atoms with Gasteiger partial charge in [-0.15, -0.1) is 0 Å². The van der Waals surface area contributed by atoms with Gasteiger partial charge in [0.25, 0.3) is 5.91 Å². The third-order valence-electron chi connectivity index (χ3n) is 2.63. The predicted octanol–water partition coefficient (Wildman–Crippen LogP) is -0.444. The van der Waals surface area contributed by atoms with E-state index in [1.807, 2.05) is 0 Å². The molecule has 0 aliphatic rings. The third kappa shape index (κ3) is 4.70. The number of hydrogen-bond donors (Lipinski definition) is 4. The zero-order valence-electron chi connectivity index (χ0n) is 10.7. The van der Waals surface area contributed by atoms with E-state index < -0.39 is 30.1 Å². The lowest BCUT2D eigenvalue weighted by Gasteiger charge is -2.24. The van der Waals surface area contributed by atoms with Crippen LogP contribution in [0.15, 0.2) is 0 Å². The lowest BCUT2D eigenvalue weighted by atomic mass is 9.98. The van der Waals surface area contributed by atoms with Gasteiger partial charge in [-0.1, -0.05) is 27.7 Å². The van der Waals surface area contributed by atoms with Crippen molar-refractivity contribution < 1.29 is 19.8 Å². The molecule has 17 heavy (non-hydrogen) atoms. The van der Waals surface area contributed by atoms with Gasteiger partial charge >= 0.3 is 5.97 Å². The lowest BCUT2D eigenvalue weighted by molar-refractivity contribution is -0.145. The van der Waals surface area contributed by atoms with Gasteiger partial charge in [0.1, 0.15) is 12.1 Å². The van der Waals surface area contributed by atoms with Crippen LogP contribution in [-0.4, -0.2) is 40.3 Å². The SMILES string of the molecule is CC(C)[C@H](NC(=O)[C@@H](O)[C@@H](N)C(C)C)C(=O)O. The number of nitrogens with two attached hydrogens (primary N) is 1. The summed E-state index contributed by atoms with van der Waals surface area (Å²) in [5.41, 5.74) is 5.63. The number of carboxylic acid groups (broad SMARTS) is 1. The number of hydrogen-bond acceptors (Lipinski definition) is 4. The van der Waals surface area contributed by atoms with Crippen LogP contribution >= 0.6 is 0 Å². The zero-order valence-corrected chi connectivity index (χ0v) is 10.7. The highest BCUT2D eigenvalue weighted by molar-refractivity contribution is 5.86. The molecule has 0 heterocycles. The minimum absolute atomic E-state index is 0.0712. The molecule has 0 aliphatic carbocycles. The smallest absolute Gasteiger partial charge is 0.326 e. The van der Waals surface area contributed by atoms with Crippen LogP contribution in [0, 0.1) is 11.8 Å². The van der Waals surface area contributed by atoms with Crippen molar-refractivity contribution in [1.29, 1.82) is 0 Å². The number of nitrogens with one attached hydrogen (secondary N) is 1. The van der Waals surface area contributed by atoms with E-state index in [-0.39, 0.29) is 11.8 Å². The van der Waals surface area contributed by atoms with E-state index in [2.05, 4.69) is 5.32 Å². The van der Waals surface area contributed by atoms with Crippen molar-refractivity contribution in [1.82, 2.24) is 5.32 Å². The van der Waals surface area contributed by atoms with Crippen molar-refractivity contribution in [2.45, 2.75) is 45.9 Å². The van der Waals surface area contributed by atoms with Crippen LogP contribution in [0.5, 0.6) is 0 Å². The minimum atomic E-state index is -1.39. The Kier molecular flexibility index (Phi) is 6.12. The number of aliphatic carboxylic acids is 1. The Bertz CT molecular complexity index is 279. The number of rotatable bonds is 6. The molecule has 0 radical (unpaired) electrons. The second-order valence-corrected chi connectivity index (χ2v) is 4.83. The summed E-state index contributed by atoms with van der Waals surface area (Å²) >= 11 is 0. The van der Waals surface area contributed by atoms with Gasteiger partial charge in [0, 0.05) is 6.04 Å². The maximum absolute atomic E-state index is 11.6. The molecule has 0 spiro atoms. The molecule has 0 bridgehead atoms. The maximum Gasteiger partial charge on any atom is 0.326 e. The van der Waals surface area contributed by atoms with E-state index in [1.54, 1.807) is 27.7 Å². The highest BCUT2D eigenvalue weighted by Crippen LogP contribution is 2.06. The molecule has 0 saturated heterocycles. The first-order valence-corrected chi connectivity index (χ1v) is 5.65. The van der Waals surface area contributed by atoms with E-state index in [0.29, 0.717) is 0 Å². The molecule has 3 atom stereocenters. The Morgan fingerprint density at radius 2 is 1.59 bits per heavy atom. The van der Waals surface area contributed by atoms with Gasteiger partial charge in [0.2, 0.25) is 0 Å². The van der Waals surface area contributed by atoms with E-state index in [4.69, 9.17) is 10.8 Å². The van der Waals surface area contributed by atoms with Gasteiger partial charge in [-0.25, -0.2) is 4.79 Å². The quantitative estimate of drug-likeness (QED) is 0.507. The van der Waals surface area contributed by atoms with Crippen molar-refractivity contribution in [2.24, 2.45) is 17.6 Å². The summed E-state index contributed by atoms with van der Waals surface area (Å²) in [5.74, 6) is -2.21. The highest BCUT2D eigenvalue weighted by Gasteiger charge is 2.30. The lowest BCUT2D eigenvalue weighted by Crippen LogP contribution is -2.54. The second-order valence-electron chi connectivity index (χ2n) is 4.83. The van der Waals surface area contributed by atoms with Gasteiger partial charge in [-0.05, 0) is 11.8 Å². The fourth-order valence-corrected chi connectivity index (χ4v) is 1.29. The summed E-state index contributed by atoms with van der Waals surface area (Å²) in [7, 11) is 0. The Morgan fingerprint density at radius 1 is 1.12 bits per heavy atom. The van der Waals surface area contributed by atoms with E-state index in [9.17, 15) is 14.7 Å². The van der Waals surface area contributed by atoms with E-state index in [1.165, 1.54) is 0 Å². The third-order valence-corrected chi connectivity index (χ3v) is 2.63. The molecule has 6 heteroatoms. The number of aliphatic hydroxyl groups excluding tert-OH is 1. The first kappa shape index (κ1) is 15.9. The van der Waals surface area contributed by atoms with Crippen molar-refractivity contribution in [3.05, 3.63) is 0 Å². The van der Waals surface area contributed by atoms with Crippen LogP contribution in [0.4, 0.5) is 0 Å². The molecule has 0 fully saturated rings. The normalized spacial score (nSPS) is 16.7. The fourth-order valence-electron chi connectivity index (χ4n) is 1.29. The number of aliphatic hydroxyl groups is 1. The highest BCUT2D eigenvalue weighted by atomic mass is 16.4. The van der Waals surface area contributed by atoms with Crippen molar-refractivity contribution in [3.63, 3.8) is 0 Å². The summed E-state index contributed by atoms with van der Waals surface area (Å²) in [6.45, 7) is 6.90. The van der Waals surface area contributed by atoms with Crippen LogP contribution in [0.1, 0.15) is 27.7 Å². The number of amides is 1. The summed E-state index contributed by atoms with van der Waals surface area (Å²) in [6.07, 6.45) is -1.39. The van der Waals surface area contributed by atoms with E-state index in [0.717, 1.165) is 0 Å². The van der Waals surface area contributed by atoms with Crippen LogP contribution in [0.3, 0.4) is 0 Å². The molecule has 5 N–H and O–H groups in total. The van der Waals surface area contributed by atoms with Crippen molar-refractivity contribution in [3.8, 4) is 0 Å². The van der Waals surface area contributed by atoms with Crippen molar-refractivity contribution in [2.75, 3.05) is 0 Å². The Hall–Kier alpha value is -1.14. The molecular weight excluding hydrogens is 224 g/mol.